The number of anilines is 2. The molecule has 35 heavy (non-hydrogen) atoms. The van der Waals surface area contributed by atoms with E-state index in [2.05, 4.69) is 26.5 Å². The Balaban J connectivity index is 1.58. The third-order valence-electron chi connectivity index (χ3n) is 5.07. The molecule has 4 rings (SSSR count). The minimum Gasteiger partial charge on any atom is -0.438 e. The van der Waals surface area contributed by atoms with Crippen LogP contribution in [-0.4, -0.2) is 25.7 Å². The van der Waals surface area contributed by atoms with Crippen molar-refractivity contribution in [3.63, 3.8) is 0 Å². The Kier molecular flexibility index (Phi) is 6.66. The molecular weight excluding hydrogens is 444 g/mol. The maximum absolute atomic E-state index is 12.0. The monoisotopic (exact) mass is 464 g/mol. The first kappa shape index (κ1) is 23.0. The van der Waals surface area contributed by atoms with Gasteiger partial charge in [-0.25, -0.2) is 9.97 Å². The highest BCUT2D eigenvalue weighted by atomic mass is 16.5. The average molecular weight is 464 g/mol. The minimum absolute atomic E-state index is 0.216. The molecule has 0 radical (unpaired) electrons. The van der Waals surface area contributed by atoms with E-state index in [-0.39, 0.29) is 11.7 Å². The van der Waals surface area contributed by atoms with Crippen LogP contribution in [0.25, 0.3) is 11.1 Å². The van der Waals surface area contributed by atoms with Gasteiger partial charge in [0.1, 0.15) is 23.8 Å². The van der Waals surface area contributed by atoms with Crippen molar-refractivity contribution in [2.24, 2.45) is 5.92 Å². The van der Waals surface area contributed by atoms with E-state index in [9.17, 15) is 4.79 Å². The van der Waals surface area contributed by atoms with Crippen molar-refractivity contribution in [3.8, 4) is 34.9 Å². The Hall–Kier alpha value is -5.22. The summed E-state index contributed by atoms with van der Waals surface area (Å²) in [5.74, 6) is -0.353. The van der Waals surface area contributed by atoms with E-state index in [1.165, 1.54) is 13.3 Å². The fraction of sp³-hybridized carbons (Fsp3) is 0.120. The summed E-state index contributed by atoms with van der Waals surface area (Å²) in [4.78, 5) is 20.4. The summed E-state index contributed by atoms with van der Waals surface area (Å²) in [6.45, 7) is 1.98. The van der Waals surface area contributed by atoms with Crippen LogP contribution in [0.1, 0.15) is 18.1 Å². The SMILES string of the molecule is CC(C#N)C(=O)Nc1cccc(Oc2ncnc(N)c2-c2cnn(Cc3cccc(C#N)c3)c2)c1. The Morgan fingerprint density at radius 1 is 1.20 bits per heavy atom. The van der Waals surface area contributed by atoms with Gasteiger partial charge in [-0.05, 0) is 36.8 Å². The van der Waals surface area contributed by atoms with Gasteiger partial charge >= 0.3 is 0 Å². The third kappa shape index (κ3) is 5.41. The predicted molar refractivity (Wildman–Crippen MR) is 128 cm³/mol. The van der Waals surface area contributed by atoms with Gasteiger partial charge in [0.15, 0.2) is 0 Å². The van der Waals surface area contributed by atoms with Gasteiger partial charge in [-0.2, -0.15) is 15.6 Å². The molecule has 2 aromatic heterocycles. The van der Waals surface area contributed by atoms with Gasteiger partial charge in [0.25, 0.3) is 0 Å². The molecule has 0 saturated carbocycles. The number of ether oxygens (including phenoxy) is 1. The molecule has 0 fully saturated rings. The highest BCUT2D eigenvalue weighted by Crippen LogP contribution is 2.35. The lowest BCUT2D eigenvalue weighted by atomic mass is 10.1. The molecule has 0 spiro atoms. The molecule has 2 aromatic carbocycles. The van der Waals surface area contributed by atoms with E-state index in [1.54, 1.807) is 53.5 Å². The molecule has 3 N–H and O–H groups in total. The number of benzene rings is 2. The number of nitrogen functional groups attached to an aromatic ring is 1. The molecule has 1 amide bonds. The Morgan fingerprint density at radius 2 is 2.03 bits per heavy atom. The number of nitrogens with one attached hydrogen (secondary N) is 1. The molecule has 0 aliphatic carbocycles. The van der Waals surface area contributed by atoms with Crippen LogP contribution in [0, 0.1) is 28.6 Å². The molecular formula is C25H20N8O2. The van der Waals surface area contributed by atoms with Crippen molar-refractivity contribution < 1.29 is 9.53 Å². The number of hydrogen-bond acceptors (Lipinski definition) is 8. The molecule has 0 saturated heterocycles. The number of hydrogen-bond donors (Lipinski definition) is 2. The largest absolute Gasteiger partial charge is 0.438 e. The lowest BCUT2D eigenvalue weighted by molar-refractivity contribution is -0.117. The van der Waals surface area contributed by atoms with Gasteiger partial charge in [0, 0.05) is 23.5 Å². The first-order valence-corrected chi connectivity index (χ1v) is 10.6. The van der Waals surface area contributed by atoms with E-state index < -0.39 is 11.8 Å². The van der Waals surface area contributed by atoms with Crippen molar-refractivity contribution in [3.05, 3.63) is 78.4 Å². The van der Waals surface area contributed by atoms with Crippen molar-refractivity contribution in [2.75, 3.05) is 11.1 Å². The van der Waals surface area contributed by atoms with Gasteiger partial charge in [-0.15, -0.1) is 0 Å². The summed E-state index contributed by atoms with van der Waals surface area (Å²) < 4.78 is 7.71. The smallest absolute Gasteiger partial charge is 0.241 e. The van der Waals surface area contributed by atoms with E-state index in [1.807, 2.05) is 18.2 Å². The zero-order valence-electron chi connectivity index (χ0n) is 18.7. The van der Waals surface area contributed by atoms with Crippen LogP contribution in [-0.2, 0) is 11.3 Å². The average Bonchev–Trinajstić information content (AvgIpc) is 3.31. The number of nitrogens with two attached hydrogens (primary N) is 1. The highest BCUT2D eigenvalue weighted by Gasteiger charge is 2.17. The fourth-order valence-electron chi connectivity index (χ4n) is 3.29. The Labute approximate surface area is 201 Å². The van der Waals surface area contributed by atoms with Crippen LogP contribution < -0.4 is 15.8 Å². The van der Waals surface area contributed by atoms with Gasteiger partial charge in [0.2, 0.25) is 11.8 Å². The second-order valence-electron chi connectivity index (χ2n) is 7.65. The summed E-state index contributed by atoms with van der Waals surface area (Å²) >= 11 is 0. The first-order chi connectivity index (χ1) is 17.0. The molecule has 1 unspecified atom stereocenters. The molecule has 0 aliphatic rings. The summed E-state index contributed by atoms with van der Waals surface area (Å²) in [5, 5.41) is 25.1. The second-order valence-corrected chi connectivity index (χ2v) is 7.65. The molecule has 2 heterocycles. The van der Waals surface area contributed by atoms with Gasteiger partial charge in [-0.1, -0.05) is 18.2 Å². The second kappa shape index (κ2) is 10.1. The lowest BCUT2D eigenvalue weighted by Gasteiger charge is -2.12. The van der Waals surface area contributed by atoms with Crippen LogP contribution in [0.3, 0.4) is 0 Å². The lowest BCUT2D eigenvalue weighted by Crippen LogP contribution is -2.18. The van der Waals surface area contributed by atoms with Crippen LogP contribution >= 0.6 is 0 Å². The van der Waals surface area contributed by atoms with Gasteiger partial charge in [0.05, 0.1) is 36.0 Å². The zero-order chi connectivity index (χ0) is 24.8. The predicted octanol–water partition coefficient (Wildman–Crippen LogP) is 3.73. The normalized spacial score (nSPS) is 11.2. The molecule has 4 aromatic rings. The first-order valence-electron chi connectivity index (χ1n) is 10.6. The quantitative estimate of drug-likeness (QED) is 0.419. The number of carbonyl (C=O) groups is 1. The van der Waals surface area contributed by atoms with Crippen LogP contribution in [0.2, 0.25) is 0 Å². The number of aromatic nitrogens is 4. The van der Waals surface area contributed by atoms with Crippen molar-refractivity contribution in [1.82, 2.24) is 19.7 Å². The fourth-order valence-corrected chi connectivity index (χ4v) is 3.29. The Morgan fingerprint density at radius 3 is 2.83 bits per heavy atom. The molecule has 0 aliphatic heterocycles. The summed E-state index contributed by atoms with van der Waals surface area (Å²) in [5.41, 5.74) is 9.26. The molecule has 0 bridgehead atoms. The standard InChI is InChI=1S/C25H20N8O2/c1-16(10-26)24(34)32-20-6-3-7-21(9-20)35-25-22(23(28)29-15-30-25)19-12-31-33(14-19)13-18-5-2-4-17(8-18)11-27/h2-9,12,14-16H,13H2,1H3,(H,32,34)(H2,28,29,30). The molecule has 10 nitrogen and oxygen atoms in total. The topological polar surface area (TPSA) is 156 Å². The van der Waals surface area contributed by atoms with E-state index >= 15 is 0 Å². The van der Waals surface area contributed by atoms with Crippen molar-refractivity contribution in [1.29, 1.82) is 10.5 Å². The van der Waals surface area contributed by atoms with Crippen LogP contribution in [0.5, 0.6) is 11.6 Å². The number of nitrogens with zero attached hydrogens (tertiary/aromatic N) is 6. The Bertz CT molecular complexity index is 1460. The molecule has 172 valence electrons. The molecule has 10 heteroatoms. The number of carbonyl (C=O) groups excluding carboxylic acids is 1. The highest BCUT2D eigenvalue weighted by molar-refractivity contribution is 5.94. The van der Waals surface area contributed by atoms with E-state index in [0.717, 1.165) is 5.56 Å². The van der Waals surface area contributed by atoms with Gasteiger partial charge < -0.3 is 15.8 Å². The third-order valence-corrected chi connectivity index (χ3v) is 5.07. The molecule has 1 atom stereocenters. The van der Waals surface area contributed by atoms with Crippen LogP contribution in [0.15, 0.2) is 67.3 Å². The van der Waals surface area contributed by atoms with Crippen molar-refractivity contribution in [2.45, 2.75) is 13.5 Å². The number of rotatable bonds is 7. The summed E-state index contributed by atoms with van der Waals surface area (Å²) in [6, 6.07) is 18.0. The number of nitriles is 2. The summed E-state index contributed by atoms with van der Waals surface area (Å²) in [7, 11) is 0. The number of amides is 1. The maximum atomic E-state index is 12.0. The maximum Gasteiger partial charge on any atom is 0.241 e. The minimum atomic E-state index is -0.785. The van der Waals surface area contributed by atoms with Crippen molar-refractivity contribution >= 4 is 17.4 Å². The summed E-state index contributed by atoms with van der Waals surface area (Å²) in [6.07, 6.45) is 4.73. The van der Waals surface area contributed by atoms with Crippen LogP contribution in [0.4, 0.5) is 11.5 Å². The van der Waals surface area contributed by atoms with E-state index in [0.29, 0.717) is 34.7 Å². The zero-order valence-corrected chi connectivity index (χ0v) is 18.7. The van der Waals surface area contributed by atoms with E-state index in [4.69, 9.17) is 21.0 Å². The van der Waals surface area contributed by atoms with Gasteiger partial charge in [-0.3, -0.25) is 9.48 Å².